The Bertz CT molecular complexity index is 856. The summed E-state index contributed by atoms with van der Waals surface area (Å²) in [4.78, 5) is 33.8. The molecule has 4 aliphatic heterocycles. The fraction of sp³-hybridized carbons (Fsp3) is 0.680. The molecule has 0 aromatic heterocycles. The van der Waals surface area contributed by atoms with E-state index in [2.05, 4.69) is 23.1 Å². The Hall–Kier alpha value is -2.32. The van der Waals surface area contributed by atoms with Crippen molar-refractivity contribution in [3.63, 3.8) is 0 Å². The van der Waals surface area contributed by atoms with Crippen LogP contribution in [0, 0.1) is 0 Å². The molecule has 0 saturated carbocycles. The SMILES string of the molecule is CCOC(=O)N1CCC(N2CCC3(CC2)CN(C(=O)N2CCOCC2)c2ccccc23)CC1. The van der Waals surface area contributed by atoms with Crippen LogP contribution >= 0.6 is 0 Å². The monoisotopic (exact) mass is 456 g/mol. The van der Waals surface area contributed by atoms with Gasteiger partial charge in [0.25, 0.3) is 0 Å². The quantitative estimate of drug-likeness (QED) is 0.685. The van der Waals surface area contributed by atoms with Gasteiger partial charge < -0.3 is 24.2 Å². The van der Waals surface area contributed by atoms with E-state index in [1.165, 1.54) is 5.56 Å². The van der Waals surface area contributed by atoms with Gasteiger partial charge in [0.05, 0.1) is 19.8 Å². The van der Waals surface area contributed by atoms with Gasteiger partial charge >= 0.3 is 12.1 Å². The first kappa shape index (κ1) is 22.5. The van der Waals surface area contributed by atoms with Gasteiger partial charge in [0.2, 0.25) is 0 Å². The minimum atomic E-state index is -0.180. The number of benzene rings is 1. The van der Waals surface area contributed by atoms with E-state index in [0.29, 0.717) is 39.0 Å². The normalized spacial score (nSPS) is 23.6. The van der Waals surface area contributed by atoms with E-state index in [9.17, 15) is 9.59 Å². The van der Waals surface area contributed by atoms with E-state index in [0.717, 1.165) is 64.1 Å². The van der Waals surface area contributed by atoms with Crippen LogP contribution in [0.3, 0.4) is 0 Å². The van der Waals surface area contributed by atoms with E-state index in [-0.39, 0.29) is 17.5 Å². The van der Waals surface area contributed by atoms with Gasteiger partial charge in [-0.05, 0) is 57.3 Å². The number of hydrogen-bond donors (Lipinski definition) is 0. The van der Waals surface area contributed by atoms with Crippen molar-refractivity contribution in [2.24, 2.45) is 0 Å². The molecule has 3 amide bonds. The van der Waals surface area contributed by atoms with E-state index >= 15 is 0 Å². The highest BCUT2D eigenvalue weighted by Crippen LogP contribution is 2.47. The summed E-state index contributed by atoms with van der Waals surface area (Å²) in [6.07, 6.45) is 3.96. The first-order valence-electron chi connectivity index (χ1n) is 12.5. The molecule has 3 fully saturated rings. The van der Waals surface area contributed by atoms with Gasteiger partial charge in [-0.3, -0.25) is 4.90 Å². The Labute approximate surface area is 196 Å². The van der Waals surface area contributed by atoms with Gasteiger partial charge in [0.15, 0.2) is 0 Å². The summed E-state index contributed by atoms with van der Waals surface area (Å²) < 4.78 is 10.6. The van der Waals surface area contributed by atoms with Gasteiger partial charge in [0.1, 0.15) is 0 Å². The summed E-state index contributed by atoms with van der Waals surface area (Å²) in [5.41, 5.74) is 2.47. The number of carbonyl (C=O) groups is 2. The highest BCUT2D eigenvalue weighted by molar-refractivity contribution is 5.95. The number of ether oxygens (including phenoxy) is 2. The Morgan fingerprint density at radius 1 is 1.00 bits per heavy atom. The fourth-order valence-corrected chi connectivity index (χ4v) is 6.10. The van der Waals surface area contributed by atoms with Crippen LogP contribution in [-0.2, 0) is 14.9 Å². The van der Waals surface area contributed by atoms with Crippen molar-refractivity contribution in [3.8, 4) is 0 Å². The Balaban J connectivity index is 1.23. The molecule has 5 rings (SSSR count). The predicted octanol–water partition coefficient (Wildman–Crippen LogP) is 2.91. The molecular weight excluding hydrogens is 420 g/mol. The summed E-state index contributed by atoms with van der Waals surface area (Å²) >= 11 is 0. The molecule has 0 unspecified atom stereocenters. The van der Waals surface area contributed by atoms with Crippen molar-refractivity contribution in [1.82, 2.24) is 14.7 Å². The Morgan fingerprint density at radius 2 is 1.70 bits per heavy atom. The maximum absolute atomic E-state index is 13.4. The summed E-state index contributed by atoms with van der Waals surface area (Å²) in [6, 6.07) is 9.15. The molecule has 0 atom stereocenters. The van der Waals surface area contributed by atoms with Crippen LogP contribution < -0.4 is 4.90 Å². The van der Waals surface area contributed by atoms with Crippen LogP contribution in [0.5, 0.6) is 0 Å². The Morgan fingerprint density at radius 3 is 2.39 bits per heavy atom. The zero-order valence-corrected chi connectivity index (χ0v) is 19.7. The van der Waals surface area contributed by atoms with Crippen LogP contribution in [0.15, 0.2) is 24.3 Å². The fourth-order valence-electron chi connectivity index (χ4n) is 6.10. The van der Waals surface area contributed by atoms with Crippen molar-refractivity contribution < 1.29 is 19.1 Å². The highest BCUT2D eigenvalue weighted by Gasteiger charge is 2.47. The molecule has 0 radical (unpaired) electrons. The highest BCUT2D eigenvalue weighted by atomic mass is 16.6. The number of piperidine rings is 2. The lowest BCUT2D eigenvalue weighted by atomic mass is 9.74. The third kappa shape index (κ3) is 4.30. The van der Waals surface area contributed by atoms with Crippen molar-refractivity contribution >= 4 is 17.8 Å². The van der Waals surface area contributed by atoms with Gasteiger partial charge in [-0.25, -0.2) is 9.59 Å². The third-order valence-corrected chi connectivity index (χ3v) is 8.00. The number of hydrogen-bond acceptors (Lipinski definition) is 5. The summed E-state index contributed by atoms with van der Waals surface area (Å²) in [6.45, 7) is 9.27. The number of urea groups is 1. The summed E-state index contributed by atoms with van der Waals surface area (Å²) in [5, 5.41) is 0. The van der Waals surface area contributed by atoms with Crippen molar-refractivity contribution in [2.75, 3.05) is 70.5 Å². The van der Waals surface area contributed by atoms with Crippen molar-refractivity contribution in [1.29, 1.82) is 0 Å². The molecule has 180 valence electrons. The molecule has 1 aromatic rings. The van der Waals surface area contributed by atoms with Crippen LogP contribution in [0.1, 0.15) is 38.2 Å². The predicted molar refractivity (Wildman–Crippen MR) is 126 cm³/mol. The molecule has 4 heterocycles. The second-order valence-corrected chi connectivity index (χ2v) is 9.72. The van der Waals surface area contributed by atoms with Crippen molar-refractivity contribution in [2.45, 2.75) is 44.1 Å². The molecular formula is C25H36N4O4. The lowest BCUT2D eigenvalue weighted by Crippen LogP contribution is -2.53. The molecule has 4 aliphatic rings. The van der Waals surface area contributed by atoms with Crippen LogP contribution in [0.2, 0.25) is 0 Å². The van der Waals surface area contributed by atoms with Crippen molar-refractivity contribution in [3.05, 3.63) is 29.8 Å². The largest absolute Gasteiger partial charge is 0.450 e. The second kappa shape index (κ2) is 9.50. The van der Waals surface area contributed by atoms with E-state index < -0.39 is 0 Å². The van der Waals surface area contributed by atoms with Gasteiger partial charge in [0, 0.05) is 49.9 Å². The lowest BCUT2D eigenvalue weighted by Gasteiger charge is -2.45. The van der Waals surface area contributed by atoms with E-state index in [4.69, 9.17) is 9.47 Å². The topological polar surface area (TPSA) is 65.6 Å². The Kier molecular flexibility index (Phi) is 6.47. The minimum Gasteiger partial charge on any atom is -0.450 e. The second-order valence-electron chi connectivity index (χ2n) is 9.72. The lowest BCUT2D eigenvalue weighted by molar-refractivity contribution is 0.0529. The maximum Gasteiger partial charge on any atom is 0.409 e. The number of nitrogens with zero attached hydrogens (tertiary/aromatic N) is 4. The number of carbonyl (C=O) groups excluding carboxylic acids is 2. The zero-order chi connectivity index (χ0) is 22.8. The first-order valence-corrected chi connectivity index (χ1v) is 12.5. The number of rotatable bonds is 2. The molecule has 1 spiro atoms. The minimum absolute atomic E-state index is 0.0423. The average Bonchev–Trinajstić information content (AvgIpc) is 3.19. The van der Waals surface area contributed by atoms with Gasteiger partial charge in [-0.2, -0.15) is 0 Å². The molecule has 1 aromatic carbocycles. The average molecular weight is 457 g/mol. The van der Waals surface area contributed by atoms with Gasteiger partial charge in [-0.15, -0.1) is 0 Å². The molecule has 0 N–H and O–H groups in total. The number of fused-ring (bicyclic) bond motifs is 2. The zero-order valence-electron chi connectivity index (χ0n) is 19.7. The number of morpholine rings is 1. The molecule has 8 nitrogen and oxygen atoms in total. The smallest absolute Gasteiger partial charge is 0.409 e. The third-order valence-electron chi connectivity index (χ3n) is 8.00. The molecule has 0 bridgehead atoms. The number of anilines is 1. The van der Waals surface area contributed by atoms with E-state index in [1.807, 2.05) is 27.7 Å². The number of amides is 3. The van der Waals surface area contributed by atoms with Crippen LogP contribution in [-0.4, -0.2) is 98.5 Å². The molecule has 0 aliphatic carbocycles. The van der Waals surface area contributed by atoms with Crippen LogP contribution in [0.25, 0.3) is 0 Å². The van der Waals surface area contributed by atoms with Gasteiger partial charge in [-0.1, -0.05) is 18.2 Å². The molecule has 33 heavy (non-hydrogen) atoms. The first-order chi connectivity index (χ1) is 16.1. The summed E-state index contributed by atoms with van der Waals surface area (Å²) in [7, 11) is 0. The maximum atomic E-state index is 13.4. The standard InChI is InChI=1S/C25H36N4O4/c1-2-33-24(31)28-11-7-20(8-12-28)26-13-9-25(10-14-26)19-29(22-6-4-3-5-21(22)25)23(30)27-15-17-32-18-16-27/h3-6,20H,2,7-19H2,1H3. The molecule has 8 heteroatoms. The number of likely N-dealkylation sites (tertiary alicyclic amines) is 2. The van der Waals surface area contributed by atoms with Crippen LogP contribution in [0.4, 0.5) is 15.3 Å². The molecule has 3 saturated heterocycles. The summed E-state index contributed by atoms with van der Waals surface area (Å²) in [5.74, 6) is 0. The number of para-hydroxylation sites is 1. The van der Waals surface area contributed by atoms with E-state index in [1.54, 1.807) is 0 Å².